The second-order valence-electron chi connectivity index (χ2n) is 12.3. The largest absolute Gasteiger partial charge is 0.504 e. The first-order chi connectivity index (χ1) is 26.3. The number of carbonyl (C=O) groups excluding carboxylic acids is 4. The number of carbonyl (C=O) groups is 4. The van der Waals surface area contributed by atoms with Crippen LogP contribution in [0.15, 0.2) is 24.3 Å². The lowest BCUT2D eigenvalue weighted by Gasteiger charge is -2.43. The zero-order valence-electron chi connectivity index (χ0n) is 27.4. The molecule has 0 aliphatic carbocycles. The fourth-order valence-electron chi connectivity index (χ4n) is 6.42. The van der Waals surface area contributed by atoms with E-state index in [1.54, 1.807) is 0 Å². The van der Waals surface area contributed by atoms with Gasteiger partial charge < -0.3 is 90.1 Å². The molecule has 0 saturated carbocycles. The summed E-state index contributed by atoms with van der Waals surface area (Å²) in [6.07, 6.45) is -11.2. The molecule has 1 fully saturated rings. The Morgan fingerprint density at radius 2 is 0.821 bits per heavy atom. The molecule has 2 bridgehead atoms. The van der Waals surface area contributed by atoms with Gasteiger partial charge in [0.25, 0.3) is 0 Å². The molecule has 292 valence electrons. The molecule has 22 heteroatoms. The number of fused-ring (bicyclic) bond motifs is 10. The molecule has 13 N–H and O–H groups in total. The van der Waals surface area contributed by atoms with Crippen LogP contribution >= 0.6 is 0 Å². The number of hydrogen-bond donors (Lipinski definition) is 13. The van der Waals surface area contributed by atoms with Crippen molar-refractivity contribution in [1.29, 1.82) is 0 Å². The summed E-state index contributed by atoms with van der Waals surface area (Å²) in [4.78, 5) is 55.1. The van der Waals surface area contributed by atoms with Gasteiger partial charge in [0.2, 0.25) is 23.0 Å². The van der Waals surface area contributed by atoms with E-state index >= 15 is 0 Å². The summed E-state index contributed by atoms with van der Waals surface area (Å²) in [5.74, 6) is -22.0. The van der Waals surface area contributed by atoms with Crippen LogP contribution in [0.5, 0.6) is 69.0 Å². The van der Waals surface area contributed by atoms with Gasteiger partial charge in [0.15, 0.2) is 70.6 Å². The average Bonchev–Trinajstić information content (AvgIpc) is 3.15. The average molecular weight is 785 g/mol. The smallest absolute Gasteiger partial charge is 0.342 e. The predicted molar refractivity (Wildman–Crippen MR) is 173 cm³/mol. The molecular weight excluding hydrogens is 760 g/mol. The van der Waals surface area contributed by atoms with Crippen LogP contribution in [-0.2, 0) is 23.7 Å². The second kappa shape index (κ2) is 12.7. The maximum atomic E-state index is 14.0. The van der Waals surface area contributed by atoms with Crippen LogP contribution in [0.2, 0.25) is 0 Å². The van der Waals surface area contributed by atoms with Gasteiger partial charge in [-0.3, -0.25) is 0 Å². The third kappa shape index (κ3) is 5.34. The van der Waals surface area contributed by atoms with E-state index in [0.717, 1.165) is 0 Å². The number of aliphatic hydroxyl groups is 1. The Morgan fingerprint density at radius 3 is 1.32 bits per heavy atom. The summed E-state index contributed by atoms with van der Waals surface area (Å²) in [7, 11) is 0. The van der Waals surface area contributed by atoms with E-state index in [0.29, 0.717) is 24.3 Å². The molecule has 3 aliphatic rings. The van der Waals surface area contributed by atoms with Crippen molar-refractivity contribution in [3.8, 4) is 91.2 Å². The molecule has 0 radical (unpaired) electrons. The third-order valence-corrected chi connectivity index (χ3v) is 9.13. The first-order valence-electron chi connectivity index (χ1n) is 15.6. The van der Waals surface area contributed by atoms with Crippen molar-refractivity contribution in [1.82, 2.24) is 0 Å². The minimum Gasteiger partial charge on any atom is -0.504 e. The monoisotopic (exact) mass is 784 g/mol. The van der Waals surface area contributed by atoms with E-state index in [4.69, 9.17) is 23.7 Å². The highest BCUT2D eigenvalue weighted by Crippen LogP contribution is 2.54. The normalized spacial score (nSPS) is 21.8. The van der Waals surface area contributed by atoms with Crippen LogP contribution in [0.3, 0.4) is 0 Å². The molecule has 3 heterocycles. The number of ether oxygens (including phenoxy) is 5. The molecule has 56 heavy (non-hydrogen) atoms. The lowest BCUT2D eigenvalue weighted by Crippen LogP contribution is -2.62. The van der Waals surface area contributed by atoms with E-state index in [-0.39, 0.29) is 0 Å². The summed E-state index contributed by atoms with van der Waals surface area (Å²) in [5.41, 5.74) is -7.58. The van der Waals surface area contributed by atoms with Crippen molar-refractivity contribution in [2.45, 2.75) is 30.7 Å². The standard InChI is InChI=1S/C34H24O22/c35-11-2-7-15(23(43)20(11)40)6-1-10(19(39)26(46)18(6)38)30(47)52-5-14-27(54-31(7)48)28-29(34(51)53-14)56-33(50)9-4-13(37)22(42)25(45)17(9)16-8(32(49)55-28)3-12(36)21(41)24(16)44/h1-4,14,27-29,34-46,51H,5H2/t14?,27-,28?,29?,34-/m1/s1. The van der Waals surface area contributed by atoms with E-state index in [1.165, 1.54) is 0 Å². The van der Waals surface area contributed by atoms with Gasteiger partial charge >= 0.3 is 23.9 Å². The highest BCUT2D eigenvalue weighted by molar-refractivity contribution is 6.09. The minimum atomic E-state index is -2.42. The quantitative estimate of drug-likeness (QED) is 0.0661. The lowest BCUT2D eigenvalue weighted by atomic mass is 9.91. The van der Waals surface area contributed by atoms with Crippen LogP contribution in [-0.4, -0.2) is 128 Å². The van der Waals surface area contributed by atoms with Gasteiger partial charge in [0.05, 0.1) is 16.7 Å². The summed E-state index contributed by atoms with van der Waals surface area (Å²) in [5, 5.41) is 137. The van der Waals surface area contributed by atoms with Gasteiger partial charge in [-0.2, -0.15) is 0 Å². The van der Waals surface area contributed by atoms with Crippen LogP contribution < -0.4 is 0 Å². The maximum Gasteiger partial charge on any atom is 0.342 e. The number of esters is 4. The summed E-state index contributed by atoms with van der Waals surface area (Å²) in [6.45, 7) is -1.09. The lowest BCUT2D eigenvalue weighted by molar-refractivity contribution is -0.284. The summed E-state index contributed by atoms with van der Waals surface area (Å²) in [6, 6.07) is 2.07. The highest BCUT2D eigenvalue weighted by Gasteiger charge is 2.54. The number of hydrogen-bond acceptors (Lipinski definition) is 22. The zero-order chi connectivity index (χ0) is 40.8. The van der Waals surface area contributed by atoms with E-state index < -0.39 is 175 Å². The van der Waals surface area contributed by atoms with E-state index in [1.807, 2.05) is 0 Å². The van der Waals surface area contributed by atoms with Gasteiger partial charge in [-0.25, -0.2) is 19.2 Å². The third-order valence-electron chi connectivity index (χ3n) is 9.13. The molecule has 22 nitrogen and oxygen atoms in total. The van der Waals surface area contributed by atoms with Gasteiger partial charge in [-0.1, -0.05) is 0 Å². The van der Waals surface area contributed by atoms with Crippen molar-refractivity contribution in [2.24, 2.45) is 0 Å². The summed E-state index contributed by atoms with van der Waals surface area (Å²) < 4.78 is 27.1. The molecule has 4 aromatic rings. The number of phenols is 12. The number of benzene rings is 4. The molecule has 3 unspecified atom stereocenters. The van der Waals surface area contributed by atoms with Crippen molar-refractivity contribution < 1.29 is 109 Å². The molecule has 0 spiro atoms. The Morgan fingerprint density at radius 1 is 0.411 bits per heavy atom. The molecule has 5 atom stereocenters. The number of rotatable bonds is 0. The van der Waals surface area contributed by atoms with Gasteiger partial charge in [0.1, 0.15) is 18.3 Å². The molecule has 7 rings (SSSR count). The second-order valence-corrected chi connectivity index (χ2v) is 12.3. The van der Waals surface area contributed by atoms with Crippen molar-refractivity contribution in [3.05, 3.63) is 46.5 Å². The van der Waals surface area contributed by atoms with E-state index in [9.17, 15) is 85.6 Å². The zero-order valence-corrected chi connectivity index (χ0v) is 27.4. The highest BCUT2D eigenvalue weighted by atomic mass is 16.7. The Kier molecular flexibility index (Phi) is 8.31. The molecule has 3 aliphatic heterocycles. The van der Waals surface area contributed by atoms with Gasteiger partial charge in [0, 0.05) is 22.3 Å². The number of phenolic OH excluding ortho intramolecular Hbond substituents is 12. The van der Waals surface area contributed by atoms with Crippen LogP contribution in [0.4, 0.5) is 0 Å². The predicted octanol–water partition coefficient (Wildman–Crippen LogP) is 0.665. The maximum absolute atomic E-state index is 14.0. The molecule has 0 amide bonds. The molecule has 0 aromatic heterocycles. The Bertz CT molecular complexity index is 2440. The Balaban J connectivity index is 1.44. The minimum absolute atomic E-state index is 0.472. The van der Waals surface area contributed by atoms with Crippen molar-refractivity contribution in [3.63, 3.8) is 0 Å². The van der Waals surface area contributed by atoms with Crippen molar-refractivity contribution >= 4 is 23.9 Å². The molecule has 4 aromatic carbocycles. The first kappa shape index (κ1) is 36.6. The topological polar surface area (TPSA) is 377 Å². The van der Waals surface area contributed by atoms with E-state index in [2.05, 4.69) is 0 Å². The summed E-state index contributed by atoms with van der Waals surface area (Å²) >= 11 is 0. The number of aliphatic hydroxyl groups excluding tert-OH is 1. The van der Waals surface area contributed by atoms with Gasteiger partial charge in [-0.15, -0.1) is 0 Å². The Hall–Kier alpha value is -7.72. The molecule has 1 saturated heterocycles. The SMILES string of the molecule is O=C1OCC2O[C@@H](O)C3OC(=O)c4cc(O)c(O)c(O)c4-c4c(cc(O)c(O)c4O)C(=O)OC3[C@@H]2OC(=O)c2cc(O)c(O)c(O)c2-c2cc1c(O)c(O)c2O. The number of cyclic esters (lactones) is 1. The van der Waals surface area contributed by atoms with Gasteiger partial charge in [-0.05, 0) is 24.3 Å². The molecular formula is C34H24O22. The van der Waals surface area contributed by atoms with Crippen LogP contribution in [0, 0.1) is 0 Å². The first-order valence-corrected chi connectivity index (χ1v) is 15.6. The number of aromatic hydroxyl groups is 12. The Labute approximate surface area is 308 Å². The van der Waals surface area contributed by atoms with Crippen LogP contribution in [0.25, 0.3) is 22.3 Å². The van der Waals surface area contributed by atoms with Crippen molar-refractivity contribution in [2.75, 3.05) is 6.61 Å². The fraction of sp³-hybridized carbons (Fsp3) is 0.176. The van der Waals surface area contributed by atoms with Crippen LogP contribution in [0.1, 0.15) is 41.4 Å². The fourth-order valence-corrected chi connectivity index (χ4v) is 6.42.